The Balaban J connectivity index is 2.27. The van der Waals surface area contributed by atoms with E-state index in [9.17, 15) is 29.7 Å². The van der Waals surface area contributed by atoms with Crippen LogP contribution in [0, 0.1) is 5.92 Å². The predicted molar refractivity (Wildman–Crippen MR) is 80.5 cm³/mol. The quantitative estimate of drug-likeness (QED) is 0.392. The minimum atomic E-state index is -1.34. The van der Waals surface area contributed by atoms with Crippen molar-refractivity contribution >= 4 is 17.8 Å². The number of fused-ring (bicyclic) bond motifs is 1. The highest BCUT2D eigenvalue weighted by Gasteiger charge is 2.51. The van der Waals surface area contributed by atoms with E-state index < -0.39 is 48.2 Å². The molecule has 9 nitrogen and oxygen atoms in total. The molecule has 0 unspecified atom stereocenters. The standard InChI is InChI=1S/C15H22N2O7/c1-5(16-7(3)18)14(22)17-12-6(2)24-15(23)10-8(19)4-9(20)13(21)11(10)12/h5-6,9,11-13,19-21H,4H2,1-3H3,(H,16,18)(H,17,22)/t5-,6+,9-,11-,12-,13-/m1/s1. The Morgan fingerprint density at radius 1 is 1.33 bits per heavy atom. The molecule has 1 fully saturated rings. The van der Waals surface area contributed by atoms with Crippen molar-refractivity contribution in [2.24, 2.45) is 5.92 Å². The van der Waals surface area contributed by atoms with E-state index in [1.54, 1.807) is 0 Å². The highest BCUT2D eigenvalue weighted by Crippen LogP contribution is 2.37. The first-order valence-corrected chi connectivity index (χ1v) is 7.70. The normalized spacial score (nSPS) is 34.0. The van der Waals surface area contributed by atoms with Crippen LogP contribution in [-0.2, 0) is 19.1 Å². The molecule has 24 heavy (non-hydrogen) atoms. The summed E-state index contributed by atoms with van der Waals surface area (Å²) in [6.45, 7) is 4.29. The van der Waals surface area contributed by atoms with Crippen molar-refractivity contribution in [2.45, 2.75) is 57.6 Å². The number of rotatable bonds is 3. The smallest absolute Gasteiger partial charge is 0.338 e. The second-order valence-corrected chi connectivity index (χ2v) is 6.22. The van der Waals surface area contributed by atoms with Crippen LogP contribution in [0.5, 0.6) is 0 Å². The van der Waals surface area contributed by atoms with Crippen molar-refractivity contribution in [1.82, 2.24) is 10.6 Å². The molecule has 1 aliphatic heterocycles. The molecule has 0 aromatic rings. The fraction of sp³-hybridized carbons (Fsp3) is 0.667. The summed E-state index contributed by atoms with van der Waals surface area (Å²) in [6, 6.07) is -1.69. The zero-order valence-corrected chi connectivity index (χ0v) is 13.6. The van der Waals surface area contributed by atoms with Gasteiger partial charge in [0.15, 0.2) is 0 Å². The van der Waals surface area contributed by atoms with E-state index in [0.29, 0.717) is 0 Å². The molecule has 1 heterocycles. The van der Waals surface area contributed by atoms with Crippen LogP contribution in [0.3, 0.4) is 0 Å². The lowest BCUT2D eigenvalue weighted by atomic mass is 9.74. The topological polar surface area (TPSA) is 145 Å². The fourth-order valence-corrected chi connectivity index (χ4v) is 3.14. The molecule has 0 bridgehead atoms. The number of aliphatic hydroxyl groups excluding tert-OH is 3. The number of carbonyl (C=O) groups excluding carboxylic acids is 3. The van der Waals surface area contributed by atoms with Crippen molar-refractivity contribution in [1.29, 1.82) is 0 Å². The van der Waals surface area contributed by atoms with Gasteiger partial charge in [0, 0.05) is 19.3 Å². The first-order valence-electron chi connectivity index (χ1n) is 7.70. The summed E-state index contributed by atoms with van der Waals surface area (Å²) in [6.07, 6.45) is -3.65. The summed E-state index contributed by atoms with van der Waals surface area (Å²) < 4.78 is 5.13. The van der Waals surface area contributed by atoms with Crippen LogP contribution in [0.4, 0.5) is 0 Å². The molecule has 2 rings (SSSR count). The van der Waals surface area contributed by atoms with Gasteiger partial charge in [0.1, 0.15) is 17.9 Å². The minimum absolute atomic E-state index is 0.136. The van der Waals surface area contributed by atoms with Gasteiger partial charge in [0.05, 0.1) is 23.8 Å². The van der Waals surface area contributed by atoms with Gasteiger partial charge in [-0.3, -0.25) is 9.59 Å². The van der Waals surface area contributed by atoms with Gasteiger partial charge < -0.3 is 30.7 Å². The molecule has 2 amide bonds. The maximum absolute atomic E-state index is 12.2. The third-order valence-electron chi connectivity index (χ3n) is 4.34. The molecular weight excluding hydrogens is 320 g/mol. The summed E-state index contributed by atoms with van der Waals surface area (Å²) in [7, 11) is 0. The molecule has 2 aliphatic rings. The number of ether oxygens (including phenoxy) is 1. The maximum Gasteiger partial charge on any atom is 0.338 e. The Hall–Kier alpha value is -2.13. The van der Waals surface area contributed by atoms with Crippen LogP contribution in [0.1, 0.15) is 27.2 Å². The number of nitrogens with one attached hydrogen (secondary N) is 2. The van der Waals surface area contributed by atoms with Crippen LogP contribution >= 0.6 is 0 Å². The Morgan fingerprint density at radius 2 is 1.96 bits per heavy atom. The van der Waals surface area contributed by atoms with E-state index in [4.69, 9.17) is 4.74 Å². The lowest BCUT2D eigenvalue weighted by Gasteiger charge is -2.43. The van der Waals surface area contributed by atoms with Gasteiger partial charge in [0.2, 0.25) is 11.8 Å². The van der Waals surface area contributed by atoms with E-state index in [0.717, 1.165) is 0 Å². The van der Waals surface area contributed by atoms with Crippen LogP contribution in [0.25, 0.3) is 0 Å². The van der Waals surface area contributed by atoms with Crippen molar-refractivity contribution in [2.75, 3.05) is 0 Å². The fourth-order valence-electron chi connectivity index (χ4n) is 3.14. The van der Waals surface area contributed by atoms with Crippen LogP contribution < -0.4 is 10.6 Å². The van der Waals surface area contributed by atoms with Crippen molar-refractivity contribution < 1.29 is 34.4 Å². The first-order chi connectivity index (χ1) is 11.1. The van der Waals surface area contributed by atoms with Gasteiger partial charge in [-0.05, 0) is 13.8 Å². The van der Waals surface area contributed by atoms with Crippen molar-refractivity contribution in [3.8, 4) is 0 Å². The molecule has 6 atom stereocenters. The molecule has 0 aromatic heterocycles. The van der Waals surface area contributed by atoms with Gasteiger partial charge in [-0.2, -0.15) is 0 Å². The zero-order chi connectivity index (χ0) is 18.2. The van der Waals surface area contributed by atoms with E-state index in [2.05, 4.69) is 10.6 Å². The van der Waals surface area contributed by atoms with Crippen LogP contribution in [0.2, 0.25) is 0 Å². The number of cyclic esters (lactones) is 1. The lowest BCUT2D eigenvalue weighted by molar-refractivity contribution is -0.159. The monoisotopic (exact) mass is 342 g/mol. The number of hydrogen-bond acceptors (Lipinski definition) is 7. The number of carbonyl (C=O) groups is 3. The number of aliphatic hydroxyl groups is 3. The van der Waals surface area contributed by atoms with Gasteiger partial charge in [-0.1, -0.05) is 0 Å². The Labute approximate surface area is 138 Å². The number of hydrogen-bond donors (Lipinski definition) is 5. The average Bonchev–Trinajstić information content (AvgIpc) is 2.46. The van der Waals surface area contributed by atoms with Gasteiger partial charge >= 0.3 is 5.97 Å². The molecule has 5 N–H and O–H groups in total. The largest absolute Gasteiger partial charge is 0.512 e. The van der Waals surface area contributed by atoms with Crippen molar-refractivity contribution in [3.05, 3.63) is 11.3 Å². The third-order valence-corrected chi connectivity index (χ3v) is 4.34. The minimum Gasteiger partial charge on any atom is -0.512 e. The molecule has 0 radical (unpaired) electrons. The van der Waals surface area contributed by atoms with Crippen LogP contribution in [0.15, 0.2) is 11.3 Å². The molecule has 0 spiro atoms. The summed E-state index contributed by atoms with van der Waals surface area (Å²) in [5.74, 6) is -3.06. The molecule has 0 saturated carbocycles. The predicted octanol–water partition coefficient (Wildman–Crippen LogP) is -1.51. The average molecular weight is 342 g/mol. The molecular formula is C15H22N2O7. The molecule has 134 valence electrons. The molecule has 9 heteroatoms. The van der Waals surface area contributed by atoms with Crippen LogP contribution in [-0.4, -0.2) is 63.5 Å². The summed E-state index contributed by atoms with van der Waals surface area (Å²) in [5, 5.41) is 35.2. The summed E-state index contributed by atoms with van der Waals surface area (Å²) >= 11 is 0. The molecule has 1 saturated heterocycles. The van der Waals surface area contributed by atoms with Crippen molar-refractivity contribution in [3.63, 3.8) is 0 Å². The van der Waals surface area contributed by atoms with E-state index in [1.165, 1.54) is 20.8 Å². The SMILES string of the molecule is CC(=O)N[C@H](C)C(=O)N[C@H]1[C@H]2C(=C(O)C[C@@H](O)[C@H]2O)C(=O)O[C@H]1C. The molecule has 0 aromatic carbocycles. The highest BCUT2D eigenvalue weighted by atomic mass is 16.5. The molecule has 1 aliphatic carbocycles. The second kappa shape index (κ2) is 6.78. The van der Waals surface area contributed by atoms with Gasteiger partial charge in [-0.15, -0.1) is 0 Å². The first kappa shape index (κ1) is 18.2. The zero-order valence-electron chi connectivity index (χ0n) is 13.6. The number of amides is 2. The Kier molecular flexibility index (Phi) is 5.14. The second-order valence-electron chi connectivity index (χ2n) is 6.22. The Morgan fingerprint density at radius 3 is 2.54 bits per heavy atom. The van der Waals surface area contributed by atoms with E-state index in [-0.39, 0.29) is 23.7 Å². The lowest BCUT2D eigenvalue weighted by Crippen LogP contribution is -2.62. The summed E-state index contributed by atoms with van der Waals surface area (Å²) in [5.41, 5.74) is -0.136. The number of esters is 1. The van der Waals surface area contributed by atoms with E-state index in [1.807, 2.05) is 0 Å². The van der Waals surface area contributed by atoms with Gasteiger partial charge in [0.25, 0.3) is 0 Å². The highest BCUT2D eigenvalue weighted by molar-refractivity contribution is 5.92. The van der Waals surface area contributed by atoms with Gasteiger partial charge in [-0.25, -0.2) is 4.79 Å². The maximum atomic E-state index is 12.2. The summed E-state index contributed by atoms with van der Waals surface area (Å²) in [4.78, 5) is 35.3. The third kappa shape index (κ3) is 3.36. The Bertz CT molecular complexity index is 588. The van der Waals surface area contributed by atoms with E-state index >= 15 is 0 Å².